The molecular formula is C40H64N6O4. The summed E-state index contributed by atoms with van der Waals surface area (Å²) < 4.78 is 5.84. The van der Waals surface area contributed by atoms with Crippen LogP contribution in [0.2, 0.25) is 0 Å². The van der Waals surface area contributed by atoms with Gasteiger partial charge in [0.05, 0.1) is 18.1 Å². The lowest BCUT2D eigenvalue weighted by Gasteiger charge is -2.44. The molecule has 3 rings (SSSR count). The molecule has 1 heterocycles. The molecular weight excluding hydrogens is 628 g/mol. The van der Waals surface area contributed by atoms with Crippen LogP contribution in [-0.2, 0) is 14.3 Å². The first kappa shape index (κ1) is 40.6. The minimum atomic E-state index is -0.742. The molecule has 10 nitrogen and oxygen atoms in total. The van der Waals surface area contributed by atoms with Gasteiger partial charge in [-0.1, -0.05) is 80.0 Å². The second-order valence-corrected chi connectivity index (χ2v) is 16.3. The Balaban J connectivity index is 1.89. The number of nitrogens with one attached hydrogen (secondary N) is 5. The van der Waals surface area contributed by atoms with Crippen molar-refractivity contribution in [3.05, 3.63) is 49.5 Å². The average molecular weight is 693 g/mol. The van der Waals surface area contributed by atoms with Gasteiger partial charge in [-0.15, -0.1) is 18.9 Å². The van der Waals surface area contributed by atoms with E-state index in [0.717, 1.165) is 32.1 Å². The number of carbonyl (C=O) groups excluding carboxylic acids is 3. The highest BCUT2D eigenvalue weighted by Crippen LogP contribution is 2.66. The molecule has 1 aliphatic heterocycles. The van der Waals surface area contributed by atoms with Crippen LogP contribution in [0.5, 0.6) is 0 Å². The van der Waals surface area contributed by atoms with Crippen molar-refractivity contribution >= 4 is 17.8 Å². The fourth-order valence-corrected chi connectivity index (χ4v) is 7.84. The number of urea groups is 1. The second kappa shape index (κ2) is 16.9. The van der Waals surface area contributed by atoms with Crippen molar-refractivity contribution in [1.82, 2.24) is 31.5 Å². The Kier molecular flexibility index (Phi) is 13.7. The van der Waals surface area contributed by atoms with Crippen LogP contribution in [0.25, 0.3) is 0 Å². The van der Waals surface area contributed by atoms with Gasteiger partial charge in [0.15, 0.2) is 5.88 Å². The minimum absolute atomic E-state index is 0.0182. The molecule has 0 spiro atoms. The van der Waals surface area contributed by atoms with Crippen molar-refractivity contribution in [2.75, 3.05) is 26.2 Å². The van der Waals surface area contributed by atoms with Gasteiger partial charge < -0.3 is 36.2 Å². The first-order valence-corrected chi connectivity index (χ1v) is 18.3. The summed E-state index contributed by atoms with van der Waals surface area (Å²) in [5.74, 6) is 3.19. The Hall–Kier alpha value is -3.87. The number of terminal acetylenes is 1. The maximum absolute atomic E-state index is 14.9. The van der Waals surface area contributed by atoms with Crippen molar-refractivity contribution in [2.24, 2.45) is 28.1 Å². The summed E-state index contributed by atoms with van der Waals surface area (Å²) in [5.41, 5.74) is 0.275. The maximum atomic E-state index is 14.9. The number of hydrogen-bond donors (Lipinski definition) is 5. The van der Waals surface area contributed by atoms with E-state index < -0.39 is 23.5 Å². The van der Waals surface area contributed by atoms with Gasteiger partial charge in [0.2, 0.25) is 11.8 Å². The highest BCUT2D eigenvalue weighted by atomic mass is 16.5. The molecule has 4 amide bonds. The molecule has 1 saturated heterocycles. The normalized spacial score (nSPS) is 23.4. The fraction of sp³-hybridized carbons (Fsp3) is 0.675. The number of hydrogen-bond acceptors (Lipinski definition) is 6. The smallest absolute Gasteiger partial charge is 0.315 e. The molecule has 5 unspecified atom stereocenters. The molecule has 0 aromatic heterocycles. The van der Waals surface area contributed by atoms with Crippen molar-refractivity contribution in [3.63, 3.8) is 0 Å². The summed E-state index contributed by atoms with van der Waals surface area (Å²) in [5, 5.41) is 15.6. The Morgan fingerprint density at radius 3 is 2.28 bits per heavy atom. The van der Waals surface area contributed by atoms with Crippen LogP contribution in [0.15, 0.2) is 49.5 Å². The molecule has 0 bridgehead atoms. The Bertz CT molecular complexity index is 1330. The number of amides is 4. The zero-order chi connectivity index (χ0) is 37.4. The van der Waals surface area contributed by atoms with Gasteiger partial charge in [0, 0.05) is 37.3 Å². The monoisotopic (exact) mass is 692 g/mol. The van der Waals surface area contributed by atoms with Crippen molar-refractivity contribution < 1.29 is 19.1 Å². The average Bonchev–Trinajstić information content (AvgIpc) is 3.36. The third kappa shape index (κ3) is 9.67. The highest BCUT2D eigenvalue weighted by molar-refractivity contribution is 5.94. The Labute approximate surface area is 301 Å². The molecule has 2 aliphatic carbocycles. The van der Waals surface area contributed by atoms with E-state index in [1.54, 1.807) is 6.08 Å². The van der Waals surface area contributed by atoms with Gasteiger partial charge in [0.1, 0.15) is 12.6 Å². The van der Waals surface area contributed by atoms with E-state index in [-0.39, 0.29) is 47.3 Å². The summed E-state index contributed by atoms with van der Waals surface area (Å²) in [7, 11) is 0. The number of likely N-dealkylation sites (tertiary alicyclic amines) is 1. The zero-order valence-electron chi connectivity index (χ0n) is 31.8. The van der Waals surface area contributed by atoms with E-state index in [9.17, 15) is 14.4 Å². The van der Waals surface area contributed by atoms with Gasteiger partial charge >= 0.3 is 6.03 Å². The third-order valence-corrected chi connectivity index (χ3v) is 11.3. The number of fused-ring (bicyclic) bond motifs is 1. The first-order chi connectivity index (χ1) is 23.4. The van der Waals surface area contributed by atoms with Crippen molar-refractivity contribution in [1.29, 1.82) is 0 Å². The Morgan fingerprint density at radius 2 is 1.70 bits per heavy atom. The van der Waals surface area contributed by atoms with Gasteiger partial charge in [-0.2, -0.15) is 0 Å². The maximum Gasteiger partial charge on any atom is 0.315 e. The molecule has 2 saturated carbocycles. The summed E-state index contributed by atoms with van der Waals surface area (Å²) in [6, 6.07) is -2.28. The topological polar surface area (TPSA) is 124 Å². The quantitative estimate of drug-likeness (QED) is 0.0571. The number of rotatable bonds is 18. The lowest BCUT2D eigenvalue weighted by atomic mass is 9.70. The molecule has 0 aromatic carbocycles. The molecule has 6 atom stereocenters. The summed E-state index contributed by atoms with van der Waals surface area (Å²) in [4.78, 5) is 43.6. The minimum Gasteiger partial charge on any atom is -0.477 e. The predicted octanol–water partition coefficient (Wildman–Crippen LogP) is 5.36. The number of nitrogens with zero attached hydrogens (tertiary/aromatic N) is 1. The standard InChI is InChI=1S/C40H64N6O4/c1-13-16-20-30(26(4)35(47)42-23-14-2)43-27(5)33-32-29(39(32,10)11)24-46(33)36(48)34(40(12)21-18-17-19-22-40)45-37(49)44-31(38(7,8)9)25-50-28(6)41-15-3/h1,14,29-34,41,43H,2,4-6,15-25H2,3,7-12H3,(H,42,47)(H2,44,45,49)/t29-,30?,31?,32?,33?,34?/m0/s1. The molecule has 0 aromatic rings. The molecule has 3 aliphatic rings. The van der Waals surface area contributed by atoms with Crippen LogP contribution < -0.4 is 26.6 Å². The first-order valence-electron chi connectivity index (χ1n) is 18.3. The summed E-state index contributed by atoms with van der Waals surface area (Å²) in [6.45, 7) is 32.6. The second-order valence-electron chi connectivity index (χ2n) is 16.3. The largest absolute Gasteiger partial charge is 0.477 e. The van der Waals surface area contributed by atoms with Crippen LogP contribution in [0.1, 0.15) is 93.4 Å². The molecule has 278 valence electrons. The van der Waals surface area contributed by atoms with Crippen molar-refractivity contribution in [2.45, 2.75) is 118 Å². The number of carbonyl (C=O) groups is 3. The number of ether oxygens (including phenoxy) is 1. The van der Waals surface area contributed by atoms with E-state index in [4.69, 9.17) is 11.2 Å². The third-order valence-electron chi connectivity index (χ3n) is 11.3. The van der Waals surface area contributed by atoms with Crippen molar-refractivity contribution in [3.8, 4) is 12.3 Å². The molecule has 5 N–H and O–H groups in total. The fourth-order valence-electron chi connectivity index (χ4n) is 7.84. The predicted molar refractivity (Wildman–Crippen MR) is 201 cm³/mol. The highest BCUT2D eigenvalue weighted by Gasteiger charge is 2.68. The summed E-state index contributed by atoms with van der Waals surface area (Å²) >= 11 is 0. The van der Waals surface area contributed by atoms with Gasteiger partial charge in [-0.25, -0.2) is 4.79 Å². The molecule has 3 fully saturated rings. The van der Waals surface area contributed by atoms with E-state index in [1.165, 1.54) is 0 Å². The Morgan fingerprint density at radius 1 is 1.04 bits per heavy atom. The summed E-state index contributed by atoms with van der Waals surface area (Å²) in [6.07, 6.45) is 12.9. The van der Waals surface area contributed by atoms with Gasteiger partial charge in [-0.3, -0.25) is 9.59 Å². The van der Waals surface area contributed by atoms with Crippen LogP contribution in [0, 0.1) is 40.4 Å². The van der Waals surface area contributed by atoms with Crippen LogP contribution in [0.3, 0.4) is 0 Å². The van der Waals surface area contributed by atoms with Crippen LogP contribution >= 0.6 is 0 Å². The molecule has 50 heavy (non-hydrogen) atoms. The molecule has 10 heteroatoms. The van der Waals surface area contributed by atoms with Gasteiger partial charge in [0.25, 0.3) is 0 Å². The lowest BCUT2D eigenvalue weighted by Crippen LogP contribution is -2.62. The lowest BCUT2D eigenvalue weighted by molar-refractivity contribution is -0.138. The number of piperidine rings is 1. The van der Waals surface area contributed by atoms with Crippen LogP contribution in [-0.4, -0.2) is 73.2 Å². The van der Waals surface area contributed by atoms with Crippen LogP contribution in [0.4, 0.5) is 4.79 Å². The zero-order valence-corrected chi connectivity index (χ0v) is 31.8. The van der Waals surface area contributed by atoms with E-state index in [1.807, 2.05) is 32.6 Å². The van der Waals surface area contributed by atoms with E-state index in [0.29, 0.717) is 55.5 Å². The SMILES string of the molecule is C#CCCC(NC(=C)C1C2[C@H](CN1C(=O)C(NC(=O)NC(COC(=C)NCC)C(C)(C)C)C1(C)CCCCC1)C2(C)C)C(=C)C(=O)NCC=C. The molecule has 0 radical (unpaired) electrons. The van der Waals surface area contributed by atoms with Gasteiger partial charge in [-0.05, 0) is 60.8 Å². The van der Waals surface area contributed by atoms with E-state index in [2.05, 4.69) is 79.6 Å². The van der Waals surface area contributed by atoms with E-state index >= 15 is 0 Å².